The third-order valence-electron chi connectivity index (χ3n) is 2.35. The molecule has 0 heterocycles. The van der Waals surface area contributed by atoms with Gasteiger partial charge in [-0.1, -0.05) is 20.8 Å². The maximum atomic E-state index is 13.4. The predicted molar refractivity (Wildman–Crippen MR) is 76.9 cm³/mol. The van der Waals surface area contributed by atoms with Crippen LogP contribution in [0.1, 0.15) is 26.3 Å². The van der Waals surface area contributed by atoms with Gasteiger partial charge in [0.1, 0.15) is 11.6 Å². The average molecular weight is 271 g/mol. The molecule has 0 aliphatic carbocycles. The van der Waals surface area contributed by atoms with E-state index in [0.29, 0.717) is 24.9 Å². The first kappa shape index (κ1) is 15.3. The van der Waals surface area contributed by atoms with Gasteiger partial charge in [-0.2, -0.15) is 11.8 Å². The molecule has 0 amide bonds. The molecule has 0 bridgehead atoms. The highest BCUT2D eigenvalue weighted by molar-refractivity contribution is 7.99. The van der Waals surface area contributed by atoms with Gasteiger partial charge in [0.05, 0.1) is 6.61 Å². The van der Waals surface area contributed by atoms with Gasteiger partial charge in [-0.15, -0.1) is 0 Å². The summed E-state index contributed by atoms with van der Waals surface area (Å²) in [5, 5.41) is 3.27. The molecule has 0 radical (unpaired) electrons. The number of hydrogen-bond donors (Lipinski definition) is 1. The van der Waals surface area contributed by atoms with Crippen LogP contribution in [0.15, 0.2) is 18.2 Å². The molecular weight excluding hydrogens is 249 g/mol. The van der Waals surface area contributed by atoms with Crippen molar-refractivity contribution in [2.24, 2.45) is 0 Å². The first-order valence-electron chi connectivity index (χ1n) is 6.35. The van der Waals surface area contributed by atoms with E-state index in [0.717, 1.165) is 17.1 Å². The molecular formula is C14H22FNOS. The second-order valence-electron chi connectivity index (χ2n) is 4.38. The summed E-state index contributed by atoms with van der Waals surface area (Å²) < 4.78 is 19.0. The average Bonchev–Trinajstić information content (AvgIpc) is 2.32. The van der Waals surface area contributed by atoms with Crippen molar-refractivity contribution in [3.8, 4) is 5.75 Å². The Labute approximate surface area is 113 Å². The van der Waals surface area contributed by atoms with E-state index >= 15 is 0 Å². The largest absolute Gasteiger partial charge is 0.493 e. The fourth-order valence-corrected chi connectivity index (χ4v) is 1.98. The van der Waals surface area contributed by atoms with E-state index in [1.165, 1.54) is 6.07 Å². The van der Waals surface area contributed by atoms with Crippen LogP contribution in [-0.4, -0.2) is 24.2 Å². The Kier molecular flexibility index (Phi) is 7.13. The first-order chi connectivity index (χ1) is 8.61. The molecule has 0 atom stereocenters. The standard InChI is InChI=1S/C14H22FNOS/c1-4-18-6-5-17-14-8-12(7-13(15)9-14)10-16-11(2)3/h7-9,11,16H,4-6,10H2,1-3H3. The van der Waals surface area contributed by atoms with E-state index in [1.807, 2.05) is 17.8 Å². The van der Waals surface area contributed by atoms with Crippen molar-refractivity contribution < 1.29 is 9.13 Å². The second-order valence-corrected chi connectivity index (χ2v) is 5.77. The van der Waals surface area contributed by atoms with Crippen LogP contribution in [0.3, 0.4) is 0 Å². The molecule has 102 valence electrons. The zero-order valence-corrected chi connectivity index (χ0v) is 12.1. The molecule has 0 unspecified atom stereocenters. The minimum Gasteiger partial charge on any atom is -0.493 e. The smallest absolute Gasteiger partial charge is 0.127 e. The molecule has 1 rings (SSSR count). The van der Waals surface area contributed by atoms with Crippen molar-refractivity contribution in [1.29, 1.82) is 0 Å². The Balaban J connectivity index is 2.51. The summed E-state index contributed by atoms with van der Waals surface area (Å²) >= 11 is 1.82. The van der Waals surface area contributed by atoms with Crippen molar-refractivity contribution in [3.63, 3.8) is 0 Å². The van der Waals surface area contributed by atoms with Gasteiger partial charge in [-0.05, 0) is 23.4 Å². The summed E-state index contributed by atoms with van der Waals surface area (Å²) in [4.78, 5) is 0. The lowest BCUT2D eigenvalue weighted by Gasteiger charge is -2.11. The lowest BCUT2D eigenvalue weighted by atomic mass is 10.2. The summed E-state index contributed by atoms with van der Waals surface area (Å²) in [6.45, 7) is 7.54. The number of thioether (sulfide) groups is 1. The van der Waals surface area contributed by atoms with Gasteiger partial charge in [0, 0.05) is 24.4 Å². The predicted octanol–water partition coefficient (Wildman–Crippen LogP) is 3.46. The molecule has 0 aliphatic heterocycles. The fourth-order valence-electron chi connectivity index (χ4n) is 1.49. The van der Waals surface area contributed by atoms with Gasteiger partial charge < -0.3 is 10.1 Å². The van der Waals surface area contributed by atoms with E-state index in [4.69, 9.17) is 4.74 Å². The van der Waals surface area contributed by atoms with Gasteiger partial charge in [0.15, 0.2) is 0 Å². The van der Waals surface area contributed by atoms with E-state index in [2.05, 4.69) is 26.1 Å². The normalized spacial score (nSPS) is 10.9. The van der Waals surface area contributed by atoms with Gasteiger partial charge in [-0.3, -0.25) is 0 Å². The lowest BCUT2D eigenvalue weighted by Crippen LogP contribution is -2.21. The van der Waals surface area contributed by atoms with E-state index in [1.54, 1.807) is 6.07 Å². The topological polar surface area (TPSA) is 21.3 Å². The Bertz CT molecular complexity index is 358. The monoisotopic (exact) mass is 271 g/mol. The van der Waals surface area contributed by atoms with Crippen molar-refractivity contribution in [2.75, 3.05) is 18.1 Å². The summed E-state index contributed by atoms with van der Waals surface area (Å²) in [7, 11) is 0. The minimum absolute atomic E-state index is 0.240. The second kappa shape index (κ2) is 8.38. The molecule has 18 heavy (non-hydrogen) atoms. The number of halogens is 1. The Hall–Kier alpha value is -0.740. The molecule has 1 N–H and O–H groups in total. The number of ether oxygens (including phenoxy) is 1. The van der Waals surface area contributed by atoms with Gasteiger partial charge in [0.2, 0.25) is 0 Å². The summed E-state index contributed by atoms with van der Waals surface area (Å²) in [5.41, 5.74) is 0.918. The maximum absolute atomic E-state index is 13.4. The van der Waals surface area contributed by atoms with Crippen LogP contribution in [0.25, 0.3) is 0 Å². The van der Waals surface area contributed by atoms with Gasteiger partial charge >= 0.3 is 0 Å². The van der Waals surface area contributed by atoms with E-state index < -0.39 is 0 Å². The van der Waals surface area contributed by atoms with E-state index in [9.17, 15) is 4.39 Å². The molecule has 1 aromatic rings. The summed E-state index contributed by atoms with van der Waals surface area (Å²) in [6.07, 6.45) is 0. The molecule has 0 saturated heterocycles. The van der Waals surface area contributed by atoms with Crippen LogP contribution in [0, 0.1) is 5.82 Å². The third-order valence-corrected chi connectivity index (χ3v) is 3.21. The number of benzene rings is 1. The van der Waals surface area contributed by atoms with E-state index in [-0.39, 0.29) is 5.82 Å². The van der Waals surface area contributed by atoms with Crippen LogP contribution in [0.2, 0.25) is 0 Å². The lowest BCUT2D eigenvalue weighted by molar-refractivity contribution is 0.341. The molecule has 1 aromatic carbocycles. The Morgan fingerprint density at radius 3 is 2.78 bits per heavy atom. The van der Waals surface area contributed by atoms with Crippen molar-refractivity contribution in [2.45, 2.75) is 33.4 Å². The highest BCUT2D eigenvalue weighted by atomic mass is 32.2. The van der Waals surface area contributed by atoms with Crippen LogP contribution in [0.4, 0.5) is 4.39 Å². The molecule has 4 heteroatoms. The number of hydrogen-bond acceptors (Lipinski definition) is 3. The SMILES string of the molecule is CCSCCOc1cc(F)cc(CNC(C)C)c1. The highest BCUT2D eigenvalue weighted by Gasteiger charge is 2.03. The summed E-state index contributed by atoms with van der Waals surface area (Å²) in [6, 6.07) is 5.27. The molecule has 0 fully saturated rings. The van der Waals surface area contributed by atoms with Crippen molar-refractivity contribution in [3.05, 3.63) is 29.6 Å². The fraction of sp³-hybridized carbons (Fsp3) is 0.571. The molecule has 2 nitrogen and oxygen atoms in total. The van der Waals surface area contributed by atoms with Crippen LogP contribution in [0.5, 0.6) is 5.75 Å². The molecule has 0 saturated carbocycles. The third kappa shape index (κ3) is 6.26. The van der Waals surface area contributed by atoms with Crippen molar-refractivity contribution >= 4 is 11.8 Å². The van der Waals surface area contributed by atoms with Crippen LogP contribution >= 0.6 is 11.8 Å². The first-order valence-corrected chi connectivity index (χ1v) is 7.50. The van der Waals surface area contributed by atoms with Gasteiger partial charge in [0.25, 0.3) is 0 Å². The van der Waals surface area contributed by atoms with Gasteiger partial charge in [-0.25, -0.2) is 4.39 Å². The van der Waals surface area contributed by atoms with Crippen molar-refractivity contribution in [1.82, 2.24) is 5.32 Å². The number of rotatable bonds is 8. The van der Waals surface area contributed by atoms with Crippen LogP contribution < -0.4 is 10.1 Å². The Morgan fingerprint density at radius 1 is 1.33 bits per heavy atom. The molecule has 0 spiro atoms. The zero-order valence-electron chi connectivity index (χ0n) is 11.3. The summed E-state index contributed by atoms with van der Waals surface area (Å²) in [5.74, 6) is 2.39. The van der Waals surface area contributed by atoms with Crippen LogP contribution in [-0.2, 0) is 6.54 Å². The maximum Gasteiger partial charge on any atom is 0.127 e. The molecule has 0 aliphatic rings. The zero-order chi connectivity index (χ0) is 13.4. The minimum atomic E-state index is -0.240. The highest BCUT2D eigenvalue weighted by Crippen LogP contribution is 2.17. The molecule has 0 aromatic heterocycles. The number of nitrogens with one attached hydrogen (secondary N) is 1. The Morgan fingerprint density at radius 2 is 2.11 bits per heavy atom. The quantitative estimate of drug-likeness (QED) is 0.732.